The van der Waals surface area contributed by atoms with Gasteiger partial charge in [-0.15, -0.1) is 0 Å². The van der Waals surface area contributed by atoms with Crippen molar-refractivity contribution >= 4 is 22.0 Å². The van der Waals surface area contributed by atoms with Crippen LogP contribution in [0.3, 0.4) is 0 Å². The summed E-state index contributed by atoms with van der Waals surface area (Å²) in [5, 5.41) is 0. The average molecular weight is 541 g/mol. The molecule has 7 nitrogen and oxygen atoms in total. The average Bonchev–Trinajstić information content (AvgIpc) is 2.90. The second-order valence-electron chi connectivity index (χ2n) is 9.73. The second kappa shape index (κ2) is 11.8. The molecule has 0 radical (unpaired) electrons. The topological polar surface area (TPSA) is 80.3 Å². The SMILES string of the molecule is COc1cc(/C=C\c2cc(OC)c(OC)c(OC)c2)c(CS(=O)(=O)c2ccc(C(C)(C)C)cc2)cc1OC. The first-order chi connectivity index (χ1) is 18.0. The second-order valence-corrected chi connectivity index (χ2v) is 11.7. The standard InChI is InChI=1S/C30H36O7S/c1-30(2,3)23-11-13-24(14-12-23)38(31,32)19-22-18-26(34-5)25(33-4)17-21(22)10-9-20-15-27(35-6)29(37-8)28(16-20)36-7/h9-18H,19H2,1-8H3/b10-9-. The van der Waals surface area contributed by atoms with Gasteiger partial charge in [0.15, 0.2) is 32.8 Å². The lowest BCUT2D eigenvalue weighted by molar-refractivity contribution is 0.324. The fourth-order valence-electron chi connectivity index (χ4n) is 4.05. The van der Waals surface area contributed by atoms with Crippen molar-refractivity contribution < 1.29 is 32.1 Å². The van der Waals surface area contributed by atoms with Gasteiger partial charge in [0.05, 0.1) is 46.2 Å². The summed E-state index contributed by atoms with van der Waals surface area (Å²) in [5.41, 5.74) is 3.02. The Bertz CT molecular complexity index is 1370. The molecule has 3 aromatic rings. The van der Waals surface area contributed by atoms with Gasteiger partial charge in [0.1, 0.15) is 0 Å². The zero-order valence-corrected chi connectivity index (χ0v) is 24.1. The molecular formula is C30H36O7S. The summed E-state index contributed by atoms with van der Waals surface area (Å²) in [6, 6.07) is 14.2. The maximum absolute atomic E-state index is 13.4. The molecule has 0 unspecified atom stereocenters. The number of benzene rings is 3. The zero-order valence-electron chi connectivity index (χ0n) is 23.2. The number of hydrogen-bond acceptors (Lipinski definition) is 7. The van der Waals surface area contributed by atoms with Gasteiger partial charge in [-0.1, -0.05) is 45.1 Å². The Hall–Kier alpha value is -3.65. The molecule has 38 heavy (non-hydrogen) atoms. The molecule has 8 heteroatoms. The van der Waals surface area contributed by atoms with Crippen molar-refractivity contribution in [3.8, 4) is 28.7 Å². The molecule has 0 N–H and O–H groups in total. The monoisotopic (exact) mass is 540 g/mol. The predicted octanol–water partition coefficient (Wildman–Crippen LogP) is 6.17. The van der Waals surface area contributed by atoms with Crippen molar-refractivity contribution in [1.29, 1.82) is 0 Å². The Balaban J connectivity index is 2.06. The predicted molar refractivity (Wildman–Crippen MR) is 151 cm³/mol. The van der Waals surface area contributed by atoms with E-state index in [0.29, 0.717) is 39.9 Å². The van der Waals surface area contributed by atoms with Crippen LogP contribution >= 0.6 is 0 Å². The maximum atomic E-state index is 13.4. The van der Waals surface area contributed by atoms with Gasteiger partial charge in [0, 0.05) is 0 Å². The number of hydrogen-bond donors (Lipinski definition) is 0. The van der Waals surface area contributed by atoms with Crippen LogP contribution in [0.5, 0.6) is 28.7 Å². The van der Waals surface area contributed by atoms with Gasteiger partial charge in [-0.3, -0.25) is 0 Å². The summed E-state index contributed by atoms with van der Waals surface area (Å²) < 4.78 is 54.1. The Morgan fingerprint density at radius 3 is 1.68 bits per heavy atom. The van der Waals surface area contributed by atoms with Crippen molar-refractivity contribution in [2.24, 2.45) is 0 Å². The van der Waals surface area contributed by atoms with Gasteiger partial charge in [-0.2, -0.15) is 0 Å². The fraction of sp³-hybridized carbons (Fsp3) is 0.333. The van der Waals surface area contributed by atoms with E-state index < -0.39 is 9.84 Å². The highest BCUT2D eigenvalue weighted by Gasteiger charge is 2.21. The van der Waals surface area contributed by atoms with Gasteiger partial charge in [0.25, 0.3) is 0 Å². The van der Waals surface area contributed by atoms with Crippen molar-refractivity contribution in [2.45, 2.75) is 36.8 Å². The third kappa shape index (κ3) is 6.42. The number of sulfone groups is 1. The minimum atomic E-state index is -3.64. The molecule has 0 aliphatic carbocycles. The van der Waals surface area contributed by atoms with Crippen LogP contribution in [0.2, 0.25) is 0 Å². The summed E-state index contributed by atoms with van der Waals surface area (Å²) in [5.74, 6) is 2.25. The summed E-state index contributed by atoms with van der Waals surface area (Å²) in [6.07, 6.45) is 3.68. The summed E-state index contributed by atoms with van der Waals surface area (Å²) in [7, 11) is 4.07. The summed E-state index contributed by atoms with van der Waals surface area (Å²) in [4.78, 5) is 0.264. The molecule has 0 saturated carbocycles. The van der Waals surface area contributed by atoms with Crippen LogP contribution in [-0.2, 0) is 21.0 Å². The minimum Gasteiger partial charge on any atom is -0.493 e. The maximum Gasteiger partial charge on any atom is 0.203 e. The third-order valence-electron chi connectivity index (χ3n) is 6.21. The van der Waals surface area contributed by atoms with E-state index >= 15 is 0 Å². The molecule has 0 heterocycles. The Morgan fingerprint density at radius 1 is 0.684 bits per heavy atom. The lowest BCUT2D eigenvalue weighted by Crippen LogP contribution is -2.12. The first-order valence-corrected chi connectivity index (χ1v) is 13.7. The van der Waals surface area contributed by atoms with E-state index in [1.165, 1.54) is 14.2 Å². The smallest absolute Gasteiger partial charge is 0.203 e. The normalized spacial score (nSPS) is 11.9. The number of ether oxygens (including phenoxy) is 5. The quantitative estimate of drug-likeness (QED) is 0.285. The van der Waals surface area contributed by atoms with Crippen LogP contribution in [0.25, 0.3) is 12.2 Å². The zero-order chi connectivity index (χ0) is 28.1. The molecule has 0 aromatic heterocycles. The molecule has 0 saturated heterocycles. The van der Waals surface area contributed by atoms with Gasteiger partial charge in [-0.05, 0) is 64.1 Å². The van der Waals surface area contributed by atoms with E-state index in [9.17, 15) is 8.42 Å². The van der Waals surface area contributed by atoms with Crippen LogP contribution < -0.4 is 23.7 Å². The molecule has 0 aliphatic heterocycles. The molecule has 0 bridgehead atoms. The molecule has 0 atom stereocenters. The molecule has 0 amide bonds. The fourth-order valence-corrected chi connectivity index (χ4v) is 5.43. The van der Waals surface area contributed by atoms with E-state index in [4.69, 9.17) is 23.7 Å². The van der Waals surface area contributed by atoms with E-state index in [1.54, 1.807) is 45.6 Å². The van der Waals surface area contributed by atoms with Crippen LogP contribution in [0, 0.1) is 0 Å². The number of methoxy groups -OCH3 is 5. The van der Waals surface area contributed by atoms with Crippen LogP contribution in [-0.4, -0.2) is 44.0 Å². The molecule has 3 rings (SSSR count). The van der Waals surface area contributed by atoms with Crippen molar-refractivity contribution in [3.05, 3.63) is 70.8 Å². The Labute approximate surface area is 225 Å². The lowest BCUT2D eigenvalue weighted by atomic mass is 9.87. The number of rotatable bonds is 10. The Morgan fingerprint density at radius 2 is 1.21 bits per heavy atom. The third-order valence-corrected chi connectivity index (χ3v) is 7.89. The highest BCUT2D eigenvalue weighted by molar-refractivity contribution is 7.90. The first-order valence-electron chi connectivity index (χ1n) is 12.0. The van der Waals surface area contributed by atoms with Crippen LogP contribution in [0.15, 0.2) is 53.4 Å². The minimum absolute atomic E-state index is 0.0730. The van der Waals surface area contributed by atoms with E-state index in [1.807, 2.05) is 36.4 Å². The first kappa shape index (κ1) is 28.9. The highest BCUT2D eigenvalue weighted by atomic mass is 32.2. The highest BCUT2D eigenvalue weighted by Crippen LogP contribution is 2.39. The molecule has 204 valence electrons. The van der Waals surface area contributed by atoms with Gasteiger partial charge in [0.2, 0.25) is 5.75 Å². The molecule has 0 aliphatic rings. The van der Waals surface area contributed by atoms with Crippen LogP contribution in [0.4, 0.5) is 0 Å². The Kier molecular flexibility index (Phi) is 8.99. The van der Waals surface area contributed by atoms with Crippen molar-refractivity contribution in [1.82, 2.24) is 0 Å². The van der Waals surface area contributed by atoms with E-state index in [-0.39, 0.29) is 16.1 Å². The van der Waals surface area contributed by atoms with E-state index in [2.05, 4.69) is 20.8 Å². The lowest BCUT2D eigenvalue weighted by Gasteiger charge is -2.19. The van der Waals surface area contributed by atoms with Crippen LogP contribution in [0.1, 0.15) is 43.0 Å². The van der Waals surface area contributed by atoms with Crippen molar-refractivity contribution in [2.75, 3.05) is 35.5 Å². The molecule has 0 spiro atoms. The van der Waals surface area contributed by atoms with Crippen molar-refractivity contribution in [3.63, 3.8) is 0 Å². The van der Waals surface area contributed by atoms with Gasteiger partial charge in [-0.25, -0.2) is 8.42 Å². The van der Waals surface area contributed by atoms with Gasteiger partial charge >= 0.3 is 0 Å². The summed E-state index contributed by atoms with van der Waals surface area (Å²) in [6.45, 7) is 6.27. The summed E-state index contributed by atoms with van der Waals surface area (Å²) >= 11 is 0. The van der Waals surface area contributed by atoms with E-state index in [0.717, 1.165) is 11.1 Å². The molecular weight excluding hydrogens is 504 g/mol. The molecule has 0 fully saturated rings. The molecule has 3 aromatic carbocycles. The van der Waals surface area contributed by atoms with Gasteiger partial charge < -0.3 is 23.7 Å². The largest absolute Gasteiger partial charge is 0.493 e.